The molecule has 0 amide bonds. The van der Waals surface area contributed by atoms with Crippen LogP contribution < -0.4 is 0 Å². The van der Waals surface area contributed by atoms with Crippen LogP contribution >= 0.6 is 0 Å². The molecular formula is C9H6N4. The largest absolute Gasteiger partial charge is 0.262 e. The van der Waals surface area contributed by atoms with Crippen molar-refractivity contribution in [1.29, 1.82) is 5.26 Å². The van der Waals surface area contributed by atoms with Gasteiger partial charge in [0.1, 0.15) is 11.8 Å². The molecule has 0 bridgehead atoms. The van der Waals surface area contributed by atoms with Gasteiger partial charge in [0.2, 0.25) is 0 Å². The Morgan fingerprint density at radius 1 is 1.38 bits per heavy atom. The van der Waals surface area contributed by atoms with Crippen molar-refractivity contribution in [3.8, 4) is 11.8 Å². The second-order valence-corrected chi connectivity index (χ2v) is 2.46. The maximum absolute atomic E-state index is 8.80. The van der Waals surface area contributed by atoms with Crippen molar-refractivity contribution in [3.05, 3.63) is 42.5 Å². The molecule has 2 heterocycles. The van der Waals surface area contributed by atoms with Gasteiger partial charge in [-0.2, -0.15) is 10.4 Å². The number of hydrogen-bond acceptors (Lipinski definition) is 3. The molecule has 0 spiro atoms. The van der Waals surface area contributed by atoms with E-state index in [2.05, 4.69) is 16.2 Å². The van der Waals surface area contributed by atoms with Crippen molar-refractivity contribution in [2.75, 3.05) is 0 Å². The van der Waals surface area contributed by atoms with Crippen LogP contribution in [0.3, 0.4) is 0 Å². The van der Waals surface area contributed by atoms with Gasteiger partial charge in [0, 0.05) is 18.6 Å². The molecule has 0 aliphatic rings. The van der Waals surface area contributed by atoms with Crippen LogP contribution in [0, 0.1) is 11.3 Å². The Hall–Kier alpha value is -2.15. The topological polar surface area (TPSA) is 54.5 Å². The van der Waals surface area contributed by atoms with Crippen molar-refractivity contribution in [2.45, 2.75) is 0 Å². The molecule has 0 saturated carbocycles. The monoisotopic (exact) mass is 170 g/mol. The first-order valence-electron chi connectivity index (χ1n) is 3.76. The second kappa shape index (κ2) is 3.07. The molecule has 62 valence electrons. The van der Waals surface area contributed by atoms with Crippen LogP contribution in [-0.2, 0) is 0 Å². The van der Waals surface area contributed by atoms with Crippen LogP contribution in [-0.4, -0.2) is 14.8 Å². The lowest BCUT2D eigenvalue weighted by Crippen LogP contribution is -1.97. The van der Waals surface area contributed by atoms with Gasteiger partial charge in [-0.05, 0) is 12.1 Å². The molecule has 0 aromatic carbocycles. The quantitative estimate of drug-likeness (QED) is 0.644. The van der Waals surface area contributed by atoms with E-state index < -0.39 is 0 Å². The third kappa shape index (κ3) is 1.27. The van der Waals surface area contributed by atoms with E-state index in [-0.39, 0.29) is 0 Å². The summed E-state index contributed by atoms with van der Waals surface area (Å²) in [5.41, 5.74) is 1.27. The number of aromatic nitrogens is 3. The number of nitriles is 1. The van der Waals surface area contributed by atoms with Crippen LogP contribution in [0.1, 0.15) is 5.56 Å². The van der Waals surface area contributed by atoms with Gasteiger partial charge in [-0.15, -0.1) is 0 Å². The van der Waals surface area contributed by atoms with Crippen molar-refractivity contribution in [2.24, 2.45) is 0 Å². The molecule has 2 rings (SSSR count). The summed E-state index contributed by atoms with van der Waals surface area (Å²) in [7, 11) is 0. The van der Waals surface area contributed by atoms with E-state index >= 15 is 0 Å². The SMILES string of the molecule is N#Cc1ccncc1-n1cccn1. The zero-order valence-electron chi connectivity index (χ0n) is 6.75. The van der Waals surface area contributed by atoms with Crippen LogP contribution in [0.5, 0.6) is 0 Å². The number of pyridine rings is 1. The van der Waals surface area contributed by atoms with Crippen LogP contribution in [0.2, 0.25) is 0 Å². The summed E-state index contributed by atoms with van der Waals surface area (Å²) in [6, 6.07) is 5.55. The third-order valence-electron chi connectivity index (χ3n) is 1.67. The average Bonchev–Trinajstić information content (AvgIpc) is 2.70. The van der Waals surface area contributed by atoms with Gasteiger partial charge in [-0.3, -0.25) is 4.98 Å². The van der Waals surface area contributed by atoms with Gasteiger partial charge in [0.25, 0.3) is 0 Å². The van der Waals surface area contributed by atoms with Crippen molar-refractivity contribution in [1.82, 2.24) is 14.8 Å². The molecule has 13 heavy (non-hydrogen) atoms. The van der Waals surface area contributed by atoms with Gasteiger partial charge >= 0.3 is 0 Å². The summed E-state index contributed by atoms with van der Waals surface area (Å²) in [5.74, 6) is 0. The Bertz CT molecular complexity index is 439. The molecule has 0 aliphatic carbocycles. The van der Waals surface area contributed by atoms with E-state index in [1.54, 1.807) is 41.6 Å². The Morgan fingerprint density at radius 2 is 2.31 bits per heavy atom. The summed E-state index contributed by atoms with van der Waals surface area (Å²) in [4.78, 5) is 3.94. The lowest BCUT2D eigenvalue weighted by Gasteiger charge is -2.00. The Kier molecular flexibility index (Phi) is 1.77. The normalized spacial score (nSPS) is 9.46. The summed E-state index contributed by atoms with van der Waals surface area (Å²) in [6.45, 7) is 0. The average molecular weight is 170 g/mol. The third-order valence-corrected chi connectivity index (χ3v) is 1.67. The minimum atomic E-state index is 0.568. The van der Waals surface area contributed by atoms with Crippen molar-refractivity contribution in [3.63, 3.8) is 0 Å². The Balaban J connectivity index is 2.59. The van der Waals surface area contributed by atoms with Crippen LogP contribution in [0.25, 0.3) is 5.69 Å². The lowest BCUT2D eigenvalue weighted by atomic mass is 10.2. The molecule has 2 aromatic heterocycles. The van der Waals surface area contributed by atoms with E-state index in [4.69, 9.17) is 5.26 Å². The molecule has 0 saturated heterocycles. The first-order chi connectivity index (χ1) is 6.42. The maximum atomic E-state index is 8.80. The fourth-order valence-electron chi connectivity index (χ4n) is 1.07. The van der Waals surface area contributed by atoms with Gasteiger partial charge < -0.3 is 0 Å². The molecule has 0 atom stereocenters. The highest BCUT2D eigenvalue weighted by atomic mass is 15.3. The predicted molar refractivity (Wildman–Crippen MR) is 46.1 cm³/mol. The van der Waals surface area contributed by atoms with E-state index in [1.807, 2.05) is 0 Å². The van der Waals surface area contributed by atoms with Crippen molar-refractivity contribution < 1.29 is 0 Å². The first kappa shape index (κ1) is 7.50. The molecule has 0 aliphatic heterocycles. The number of nitrogens with zero attached hydrogens (tertiary/aromatic N) is 4. The molecule has 0 fully saturated rings. The molecule has 4 heteroatoms. The summed E-state index contributed by atoms with van der Waals surface area (Å²) < 4.78 is 1.62. The molecule has 2 aromatic rings. The minimum Gasteiger partial charge on any atom is -0.262 e. The maximum Gasteiger partial charge on any atom is 0.102 e. The summed E-state index contributed by atoms with van der Waals surface area (Å²) in [5, 5.41) is 12.8. The van der Waals surface area contributed by atoms with E-state index in [1.165, 1.54) is 0 Å². The van der Waals surface area contributed by atoms with E-state index in [0.717, 1.165) is 0 Å². The highest BCUT2D eigenvalue weighted by Crippen LogP contribution is 2.09. The molecular weight excluding hydrogens is 164 g/mol. The molecule has 0 N–H and O–H groups in total. The first-order valence-corrected chi connectivity index (χ1v) is 3.76. The van der Waals surface area contributed by atoms with Gasteiger partial charge in [-0.25, -0.2) is 4.68 Å². The highest BCUT2D eigenvalue weighted by molar-refractivity contribution is 5.45. The van der Waals surface area contributed by atoms with Gasteiger partial charge in [-0.1, -0.05) is 0 Å². The van der Waals surface area contributed by atoms with Gasteiger partial charge in [0.15, 0.2) is 0 Å². The van der Waals surface area contributed by atoms with Gasteiger partial charge in [0.05, 0.1) is 11.8 Å². The highest BCUT2D eigenvalue weighted by Gasteiger charge is 2.02. The Labute approximate surface area is 75.1 Å². The van der Waals surface area contributed by atoms with E-state index in [0.29, 0.717) is 11.3 Å². The zero-order chi connectivity index (χ0) is 9.10. The molecule has 4 nitrogen and oxygen atoms in total. The zero-order valence-corrected chi connectivity index (χ0v) is 6.75. The predicted octanol–water partition coefficient (Wildman–Crippen LogP) is 1.14. The molecule has 0 unspecified atom stereocenters. The fourth-order valence-corrected chi connectivity index (χ4v) is 1.07. The lowest BCUT2D eigenvalue weighted by molar-refractivity contribution is 0.870. The van der Waals surface area contributed by atoms with Crippen LogP contribution in [0.15, 0.2) is 36.9 Å². The number of hydrogen-bond donors (Lipinski definition) is 0. The summed E-state index contributed by atoms with van der Waals surface area (Å²) >= 11 is 0. The second-order valence-electron chi connectivity index (χ2n) is 2.46. The Morgan fingerprint density at radius 3 is 3.00 bits per heavy atom. The smallest absolute Gasteiger partial charge is 0.102 e. The van der Waals surface area contributed by atoms with Crippen molar-refractivity contribution >= 4 is 0 Å². The molecule has 0 radical (unpaired) electrons. The van der Waals surface area contributed by atoms with Crippen LogP contribution in [0.4, 0.5) is 0 Å². The standard InChI is InChI=1S/C9H6N4/c10-6-8-2-4-11-7-9(8)13-5-1-3-12-13/h1-5,7H. The summed E-state index contributed by atoms with van der Waals surface area (Å²) in [6.07, 6.45) is 6.64. The minimum absolute atomic E-state index is 0.568. The van der Waals surface area contributed by atoms with E-state index in [9.17, 15) is 0 Å². The number of rotatable bonds is 1. The fraction of sp³-hybridized carbons (Fsp3) is 0.